The number of likely N-dealkylation sites (N-methyl/N-ethyl adjacent to an activating group) is 1. The Morgan fingerprint density at radius 1 is 1.17 bits per heavy atom. The third kappa shape index (κ3) is 4.88. The number of hydrogen-bond acceptors (Lipinski definition) is 2. The van der Waals surface area contributed by atoms with Crippen molar-refractivity contribution >= 4 is 5.91 Å². The molecule has 0 saturated heterocycles. The highest BCUT2D eigenvalue weighted by molar-refractivity contribution is 5.76. The third-order valence-electron chi connectivity index (χ3n) is 3.13. The van der Waals surface area contributed by atoms with Crippen molar-refractivity contribution < 1.29 is 4.79 Å². The van der Waals surface area contributed by atoms with Gasteiger partial charge in [-0.25, -0.2) is 0 Å². The molecule has 0 saturated carbocycles. The first-order valence-corrected chi connectivity index (χ1v) is 6.61. The van der Waals surface area contributed by atoms with Gasteiger partial charge in [0.1, 0.15) is 0 Å². The fraction of sp³-hybridized carbons (Fsp3) is 0.533. The van der Waals surface area contributed by atoms with Gasteiger partial charge in [-0.2, -0.15) is 0 Å². The maximum Gasteiger partial charge on any atom is 0.220 e. The molecular formula is C15H24N2O. The van der Waals surface area contributed by atoms with Gasteiger partial charge in [0, 0.05) is 19.5 Å². The summed E-state index contributed by atoms with van der Waals surface area (Å²) in [5.74, 6) is 0.885. The highest BCUT2D eigenvalue weighted by Crippen LogP contribution is 2.27. The van der Waals surface area contributed by atoms with Crippen LogP contribution in [0.15, 0.2) is 30.3 Å². The van der Waals surface area contributed by atoms with Crippen LogP contribution in [0.2, 0.25) is 0 Å². The normalized spacial score (nSPS) is 12.4. The monoisotopic (exact) mass is 248 g/mol. The highest BCUT2D eigenvalue weighted by atomic mass is 16.1. The van der Waals surface area contributed by atoms with E-state index in [-0.39, 0.29) is 5.91 Å². The number of nitrogens with one attached hydrogen (secondary N) is 2. The summed E-state index contributed by atoms with van der Waals surface area (Å²) >= 11 is 0. The van der Waals surface area contributed by atoms with Crippen molar-refractivity contribution in [2.75, 3.05) is 20.1 Å². The van der Waals surface area contributed by atoms with Crippen LogP contribution in [0, 0.1) is 5.92 Å². The SMILES string of the molecule is CNCCNC(=O)CC(c1ccccc1)C(C)C. The van der Waals surface area contributed by atoms with Gasteiger partial charge in [0.05, 0.1) is 0 Å². The van der Waals surface area contributed by atoms with E-state index in [0.29, 0.717) is 24.8 Å². The zero-order valence-corrected chi connectivity index (χ0v) is 11.6. The molecule has 1 amide bonds. The van der Waals surface area contributed by atoms with E-state index in [1.807, 2.05) is 25.2 Å². The molecule has 0 bridgehead atoms. The summed E-state index contributed by atoms with van der Waals surface area (Å²) in [6.07, 6.45) is 0.561. The van der Waals surface area contributed by atoms with Gasteiger partial charge < -0.3 is 10.6 Å². The summed E-state index contributed by atoms with van der Waals surface area (Å²) in [5, 5.41) is 5.95. The summed E-state index contributed by atoms with van der Waals surface area (Å²) in [7, 11) is 1.88. The molecule has 0 aliphatic rings. The second-order valence-corrected chi connectivity index (χ2v) is 4.92. The maximum absolute atomic E-state index is 11.9. The zero-order chi connectivity index (χ0) is 13.4. The van der Waals surface area contributed by atoms with Crippen molar-refractivity contribution in [1.29, 1.82) is 0 Å². The van der Waals surface area contributed by atoms with E-state index in [1.165, 1.54) is 5.56 Å². The van der Waals surface area contributed by atoms with Crippen molar-refractivity contribution in [3.63, 3.8) is 0 Å². The molecule has 0 heterocycles. The van der Waals surface area contributed by atoms with E-state index in [1.54, 1.807) is 0 Å². The minimum absolute atomic E-state index is 0.132. The molecular weight excluding hydrogens is 224 g/mol. The summed E-state index contributed by atoms with van der Waals surface area (Å²) in [4.78, 5) is 11.9. The summed E-state index contributed by atoms with van der Waals surface area (Å²) in [6, 6.07) is 10.3. The number of rotatable bonds is 7. The van der Waals surface area contributed by atoms with E-state index in [0.717, 1.165) is 6.54 Å². The van der Waals surface area contributed by atoms with Crippen LogP contribution in [0.4, 0.5) is 0 Å². The van der Waals surface area contributed by atoms with Crippen LogP contribution in [0.25, 0.3) is 0 Å². The number of benzene rings is 1. The Morgan fingerprint density at radius 3 is 2.39 bits per heavy atom. The summed E-state index contributed by atoms with van der Waals surface area (Å²) < 4.78 is 0. The molecule has 1 aromatic rings. The topological polar surface area (TPSA) is 41.1 Å². The average Bonchev–Trinajstić information content (AvgIpc) is 2.37. The van der Waals surface area contributed by atoms with Gasteiger partial charge in [-0.3, -0.25) is 4.79 Å². The molecule has 0 spiro atoms. The number of carbonyl (C=O) groups is 1. The van der Waals surface area contributed by atoms with Crippen LogP contribution in [0.1, 0.15) is 31.7 Å². The van der Waals surface area contributed by atoms with Gasteiger partial charge in [0.15, 0.2) is 0 Å². The fourth-order valence-corrected chi connectivity index (χ4v) is 2.04. The van der Waals surface area contributed by atoms with Crippen molar-refractivity contribution in [2.24, 2.45) is 5.92 Å². The molecule has 0 aromatic heterocycles. The number of hydrogen-bond donors (Lipinski definition) is 2. The molecule has 100 valence electrons. The zero-order valence-electron chi connectivity index (χ0n) is 11.6. The molecule has 2 N–H and O–H groups in total. The van der Waals surface area contributed by atoms with E-state index >= 15 is 0 Å². The first-order chi connectivity index (χ1) is 8.65. The van der Waals surface area contributed by atoms with Crippen molar-refractivity contribution in [3.05, 3.63) is 35.9 Å². The highest BCUT2D eigenvalue weighted by Gasteiger charge is 2.18. The van der Waals surface area contributed by atoms with E-state index in [2.05, 4.69) is 36.6 Å². The van der Waals surface area contributed by atoms with Crippen LogP contribution < -0.4 is 10.6 Å². The summed E-state index contributed by atoms with van der Waals surface area (Å²) in [5.41, 5.74) is 1.25. The Bertz CT molecular complexity index is 349. The lowest BCUT2D eigenvalue weighted by molar-refractivity contribution is -0.121. The van der Waals surface area contributed by atoms with Gasteiger partial charge >= 0.3 is 0 Å². The van der Waals surface area contributed by atoms with Crippen LogP contribution in [-0.4, -0.2) is 26.0 Å². The molecule has 0 aliphatic heterocycles. The molecule has 1 unspecified atom stereocenters. The first-order valence-electron chi connectivity index (χ1n) is 6.61. The molecule has 1 atom stereocenters. The number of amides is 1. The summed E-state index contributed by atoms with van der Waals surface area (Å²) in [6.45, 7) is 5.83. The predicted molar refractivity (Wildman–Crippen MR) is 75.6 cm³/mol. The van der Waals surface area contributed by atoms with Gasteiger partial charge in [0.2, 0.25) is 5.91 Å². The molecule has 0 fully saturated rings. The Hall–Kier alpha value is -1.35. The third-order valence-corrected chi connectivity index (χ3v) is 3.13. The Labute approximate surface area is 110 Å². The van der Waals surface area contributed by atoms with Gasteiger partial charge in [0.25, 0.3) is 0 Å². The molecule has 3 heteroatoms. The van der Waals surface area contributed by atoms with Crippen LogP contribution in [0.5, 0.6) is 0 Å². The van der Waals surface area contributed by atoms with Crippen LogP contribution in [0.3, 0.4) is 0 Å². The standard InChI is InChI=1S/C15H24N2O/c1-12(2)14(13-7-5-4-6-8-13)11-15(18)17-10-9-16-3/h4-8,12,14,16H,9-11H2,1-3H3,(H,17,18). The molecule has 0 aliphatic carbocycles. The Balaban J connectivity index is 2.56. The molecule has 18 heavy (non-hydrogen) atoms. The fourth-order valence-electron chi connectivity index (χ4n) is 2.04. The van der Waals surface area contributed by atoms with Gasteiger partial charge in [-0.1, -0.05) is 44.2 Å². The first kappa shape index (κ1) is 14.7. The maximum atomic E-state index is 11.9. The van der Waals surface area contributed by atoms with E-state index < -0.39 is 0 Å². The second kappa shape index (κ2) is 7.88. The van der Waals surface area contributed by atoms with Gasteiger partial charge in [-0.15, -0.1) is 0 Å². The lowest BCUT2D eigenvalue weighted by atomic mass is 9.85. The minimum Gasteiger partial charge on any atom is -0.355 e. The average molecular weight is 248 g/mol. The second-order valence-electron chi connectivity index (χ2n) is 4.92. The van der Waals surface area contributed by atoms with E-state index in [9.17, 15) is 4.79 Å². The largest absolute Gasteiger partial charge is 0.355 e. The van der Waals surface area contributed by atoms with Crippen LogP contribution in [-0.2, 0) is 4.79 Å². The molecule has 3 nitrogen and oxygen atoms in total. The Morgan fingerprint density at radius 2 is 1.83 bits per heavy atom. The van der Waals surface area contributed by atoms with Crippen molar-refractivity contribution in [3.8, 4) is 0 Å². The number of carbonyl (C=O) groups excluding carboxylic acids is 1. The molecule has 1 rings (SSSR count). The predicted octanol–water partition coefficient (Wildman–Crippen LogP) is 2.15. The van der Waals surface area contributed by atoms with Crippen molar-refractivity contribution in [1.82, 2.24) is 10.6 Å². The van der Waals surface area contributed by atoms with Crippen LogP contribution >= 0.6 is 0 Å². The minimum atomic E-state index is 0.132. The van der Waals surface area contributed by atoms with E-state index in [4.69, 9.17) is 0 Å². The smallest absolute Gasteiger partial charge is 0.220 e. The molecule has 1 aromatic carbocycles. The van der Waals surface area contributed by atoms with Crippen molar-refractivity contribution in [2.45, 2.75) is 26.2 Å². The quantitative estimate of drug-likeness (QED) is 0.726. The van der Waals surface area contributed by atoms with Gasteiger partial charge in [-0.05, 0) is 24.4 Å². The lowest BCUT2D eigenvalue weighted by Crippen LogP contribution is -2.31. The lowest BCUT2D eigenvalue weighted by Gasteiger charge is -2.21. The Kier molecular flexibility index (Phi) is 6.44. The molecule has 0 radical (unpaired) electrons.